The Balaban J connectivity index is 2.12. The number of carbonyl (C=O) groups is 1. The van der Waals surface area contributed by atoms with Crippen molar-refractivity contribution in [2.75, 3.05) is 38.2 Å². The molecule has 1 heterocycles. The molecule has 1 aromatic carbocycles. The minimum absolute atomic E-state index is 0.232. The monoisotopic (exact) mass is 296 g/mol. The topological polar surface area (TPSA) is 32.8 Å². The van der Waals surface area contributed by atoms with Crippen molar-refractivity contribution in [3.8, 4) is 5.75 Å². The number of halogens is 1. The standard InChI is InChI=1S/C15H21ClN2O2/c1-4-15(19)18-7-5-17(6-8-18)13-10-14(20-3)12(16)9-11(13)2/h9-10H,4-8H2,1-3H3. The van der Waals surface area contributed by atoms with Gasteiger partial charge in [0.1, 0.15) is 5.75 Å². The van der Waals surface area contributed by atoms with Crippen LogP contribution in [0.25, 0.3) is 0 Å². The van der Waals surface area contributed by atoms with Crippen LogP contribution >= 0.6 is 11.6 Å². The lowest BCUT2D eigenvalue weighted by Crippen LogP contribution is -2.48. The molecule has 0 spiro atoms. The SMILES string of the molecule is CCC(=O)N1CCN(c2cc(OC)c(Cl)cc2C)CC1. The molecular formula is C15H21ClN2O2. The number of ether oxygens (including phenoxy) is 1. The molecule has 5 heteroatoms. The van der Waals surface area contributed by atoms with Crippen LogP contribution in [0.2, 0.25) is 5.02 Å². The predicted octanol–water partition coefficient (Wildman–Crippen LogP) is 2.72. The summed E-state index contributed by atoms with van der Waals surface area (Å²) in [5.74, 6) is 0.925. The molecule has 0 aliphatic carbocycles. The molecule has 1 fully saturated rings. The van der Waals surface area contributed by atoms with Crippen molar-refractivity contribution < 1.29 is 9.53 Å². The van der Waals surface area contributed by atoms with E-state index in [2.05, 4.69) is 4.90 Å². The molecule has 0 aromatic heterocycles. The number of benzene rings is 1. The zero-order valence-electron chi connectivity index (χ0n) is 12.3. The molecule has 0 N–H and O–H groups in total. The van der Waals surface area contributed by atoms with Crippen LogP contribution in [0.15, 0.2) is 12.1 Å². The number of anilines is 1. The quantitative estimate of drug-likeness (QED) is 0.860. The minimum Gasteiger partial charge on any atom is -0.495 e. The van der Waals surface area contributed by atoms with Crippen molar-refractivity contribution in [3.05, 3.63) is 22.7 Å². The van der Waals surface area contributed by atoms with Crippen molar-refractivity contribution in [2.24, 2.45) is 0 Å². The molecule has 0 radical (unpaired) electrons. The first kappa shape index (κ1) is 15.0. The van der Waals surface area contributed by atoms with Gasteiger partial charge < -0.3 is 14.5 Å². The molecule has 1 aliphatic heterocycles. The van der Waals surface area contributed by atoms with E-state index in [1.807, 2.05) is 30.9 Å². The average Bonchev–Trinajstić information content (AvgIpc) is 2.47. The van der Waals surface area contributed by atoms with Gasteiger partial charge in [-0.1, -0.05) is 18.5 Å². The lowest BCUT2D eigenvalue weighted by Gasteiger charge is -2.37. The van der Waals surface area contributed by atoms with Crippen LogP contribution < -0.4 is 9.64 Å². The van der Waals surface area contributed by atoms with E-state index in [4.69, 9.17) is 16.3 Å². The van der Waals surface area contributed by atoms with Crippen molar-refractivity contribution >= 4 is 23.2 Å². The number of hydrogen-bond donors (Lipinski definition) is 0. The van der Waals surface area contributed by atoms with Gasteiger partial charge in [-0.2, -0.15) is 0 Å². The molecule has 1 saturated heterocycles. The molecule has 110 valence electrons. The highest BCUT2D eigenvalue weighted by molar-refractivity contribution is 6.32. The number of methoxy groups -OCH3 is 1. The molecule has 0 unspecified atom stereocenters. The maximum absolute atomic E-state index is 11.7. The number of hydrogen-bond acceptors (Lipinski definition) is 3. The van der Waals surface area contributed by atoms with Crippen LogP contribution in [0, 0.1) is 6.92 Å². The van der Waals surface area contributed by atoms with E-state index in [1.165, 1.54) is 0 Å². The first-order valence-corrected chi connectivity index (χ1v) is 7.31. The van der Waals surface area contributed by atoms with Gasteiger partial charge in [0.05, 0.1) is 12.1 Å². The van der Waals surface area contributed by atoms with Gasteiger partial charge >= 0.3 is 0 Å². The van der Waals surface area contributed by atoms with Crippen LogP contribution in [0.4, 0.5) is 5.69 Å². The summed E-state index contributed by atoms with van der Waals surface area (Å²) in [5.41, 5.74) is 2.26. The fraction of sp³-hybridized carbons (Fsp3) is 0.533. The molecule has 20 heavy (non-hydrogen) atoms. The van der Waals surface area contributed by atoms with Crippen molar-refractivity contribution in [1.82, 2.24) is 4.90 Å². The second-order valence-corrected chi connectivity index (χ2v) is 5.40. The summed E-state index contributed by atoms with van der Waals surface area (Å²) in [6.45, 7) is 7.19. The highest BCUT2D eigenvalue weighted by Crippen LogP contribution is 2.33. The smallest absolute Gasteiger partial charge is 0.222 e. The molecule has 1 aromatic rings. The van der Waals surface area contributed by atoms with Crippen LogP contribution in [-0.2, 0) is 4.79 Å². The van der Waals surface area contributed by atoms with E-state index < -0.39 is 0 Å². The number of rotatable bonds is 3. The Bertz CT molecular complexity index is 497. The molecule has 0 saturated carbocycles. The van der Waals surface area contributed by atoms with E-state index in [1.54, 1.807) is 7.11 Å². The largest absolute Gasteiger partial charge is 0.495 e. The van der Waals surface area contributed by atoms with Crippen molar-refractivity contribution in [3.63, 3.8) is 0 Å². The first-order valence-electron chi connectivity index (χ1n) is 6.93. The summed E-state index contributed by atoms with van der Waals surface area (Å²) >= 11 is 6.13. The van der Waals surface area contributed by atoms with Crippen LogP contribution in [0.1, 0.15) is 18.9 Å². The van der Waals surface area contributed by atoms with Gasteiger partial charge in [0, 0.05) is 44.4 Å². The van der Waals surface area contributed by atoms with Gasteiger partial charge in [0.25, 0.3) is 0 Å². The van der Waals surface area contributed by atoms with E-state index in [9.17, 15) is 4.79 Å². The van der Waals surface area contributed by atoms with Gasteiger partial charge in [0.15, 0.2) is 0 Å². The zero-order chi connectivity index (χ0) is 14.7. The van der Waals surface area contributed by atoms with Crippen molar-refractivity contribution in [1.29, 1.82) is 0 Å². The lowest BCUT2D eigenvalue weighted by atomic mass is 10.1. The number of aryl methyl sites for hydroxylation is 1. The predicted molar refractivity (Wildman–Crippen MR) is 81.8 cm³/mol. The molecule has 1 aliphatic rings. The summed E-state index contributed by atoms with van der Waals surface area (Å²) in [6, 6.07) is 3.91. The Labute approximate surface area is 125 Å². The van der Waals surface area contributed by atoms with Crippen LogP contribution in [0.5, 0.6) is 5.75 Å². The minimum atomic E-state index is 0.232. The Kier molecular flexibility index (Phi) is 4.76. The van der Waals surface area contributed by atoms with Crippen LogP contribution in [0.3, 0.4) is 0 Å². The lowest BCUT2D eigenvalue weighted by molar-refractivity contribution is -0.131. The fourth-order valence-electron chi connectivity index (χ4n) is 2.56. The second-order valence-electron chi connectivity index (χ2n) is 4.99. The van der Waals surface area contributed by atoms with E-state index >= 15 is 0 Å². The highest BCUT2D eigenvalue weighted by Gasteiger charge is 2.21. The molecule has 1 amide bonds. The summed E-state index contributed by atoms with van der Waals surface area (Å²) in [7, 11) is 1.62. The van der Waals surface area contributed by atoms with E-state index in [-0.39, 0.29) is 5.91 Å². The maximum Gasteiger partial charge on any atom is 0.222 e. The number of carbonyl (C=O) groups excluding carboxylic acids is 1. The average molecular weight is 297 g/mol. The summed E-state index contributed by atoms with van der Waals surface area (Å²) < 4.78 is 5.29. The second kappa shape index (κ2) is 6.35. The Hall–Kier alpha value is -1.42. The number of nitrogens with zero attached hydrogens (tertiary/aromatic N) is 2. The zero-order valence-corrected chi connectivity index (χ0v) is 13.0. The molecule has 0 atom stereocenters. The Morgan fingerprint density at radius 2 is 1.95 bits per heavy atom. The van der Waals surface area contributed by atoms with Crippen molar-refractivity contribution in [2.45, 2.75) is 20.3 Å². The third kappa shape index (κ3) is 3.01. The van der Waals surface area contributed by atoms with Gasteiger partial charge in [-0.3, -0.25) is 4.79 Å². The third-order valence-electron chi connectivity index (χ3n) is 3.75. The first-order chi connectivity index (χ1) is 9.56. The normalized spacial score (nSPS) is 15.4. The Morgan fingerprint density at radius 3 is 2.50 bits per heavy atom. The van der Waals surface area contributed by atoms with Gasteiger partial charge in [0.2, 0.25) is 5.91 Å². The van der Waals surface area contributed by atoms with E-state index in [0.717, 1.165) is 37.4 Å². The number of amides is 1. The van der Waals surface area contributed by atoms with E-state index in [0.29, 0.717) is 17.2 Å². The summed E-state index contributed by atoms with van der Waals surface area (Å²) in [6.07, 6.45) is 0.577. The Morgan fingerprint density at radius 1 is 1.30 bits per heavy atom. The van der Waals surface area contributed by atoms with Gasteiger partial charge in [-0.05, 0) is 18.6 Å². The van der Waals surface area contributed by atoms with Gasteiger partial charge in [-0.25, -0.2) is 0 Å². The van der Waals surface area contributed by atoms with Gasteiger partial charge in [-0.15, -0.1) is 0 Å². The number of piperazine rings is 1. The highest BCUT2D eigenvalue weighted by atomic mass is 35.5. The maximum atomic E-state index is 11.7. The fourth-order valence-corrected chi connectivity index (χ4v) is 2.85. The third-order valence-corrected chi connectivity index (χ3v) is 4.04. The van der Waals surface area contributed by atoms with Crippen LogP contribution in [-0.4, -0.2) is 44.1 Å². The molecule has 0 bridgehead atoms. The molecule has 2 rings (SSSR count). The molecular weight excluding hydrogens is 276 g/mol. The summed E-state index contributed by atoms with van der Waals surface area (Å²) in [4.78, 5) is 15.9. The summed E-state index contributed by atoms with van der Waals surface area (Å²) in [5, 5.41) is 0.633. The molecule has 4 nitrogen and oxygen atoms in total.